The van der Waals surface area contributed by atoms with Gasteiger partial charge in [0.05, 0.1) is 39.4 Å². The lowest BCUT2D eigenvalue weighted by Crippen LogP contribution is -2.10. The molecule has 4 aromatic rings. The lowest BCUT2D eigenvalue weighted by Gasteiger charge is -2.14. The fraction of sp³-hybridized carbons (Fsp3) is 0.0455. The Kier molecular flexibility index (Phi) is 6.08. The van der Waals surface area contributed by atoms with Crippen LogP contribution >= 0.6 is 23.2 Å². The maximum Gasteiger partial charge on any atom is 0.229 e. The van der Waals surface area contributed by atoms with Crippen molar-refractivity contribution >= 4 is 61.2 Å². The molecule has 0 bridgehead atoms. The molecule has 0 saturated heterocycles. The van der Waals surface area contributed by atoms with E-state index in [-0.39, 0.29) is 27.1 Å². The lowest BCUT2D eigenvalue weighted by molar-refractivity contribution is 0.607. The molecule has 0 atom stereocenters. The molecule has 2 N–H and O–H groups in total. The van der Waals surface area contributed by atoms with Crippen molar-refractivity contribution in [2.75, 3.05) is 16.3 Å². The molecule has 4 rings (SSSR count). The van der Waals surface area contributed by atoms with Crippen molar-refractivity contribution in [3.05, 3.63) is 76.4 Å². The summed E-state index contributed by atoms with van der Waals surface area (Å²) in [7, 11) is -3.57. The summed E-state index contributed by atoms with van der Waals surface area (Å²) in [5.74, 6) is -0.650. The van der Waals surface area contributed by atoms with Gasteiger partial charge in [0.25, 0.3) is 0 Å². The number of nitrogens with one attached hydrogen (secondary N) is 2. The number of sulfonamides is 1. The van der Waals surface area contributed by atoms with Gasteiger partial charge in [0.1, 0.15) is 6.07 Å². The van der Waals surface area contributed by atoms with E-state index in [2.05, 4.69) is 26.1 Å². The van der Waals surface area contributed by atoms with E-state index >= 15 is 0 Å². The number of nitriles is 1. The van der Waals surface area contributed by atoms with E-state index in [1.807, 2.05) is 0 Å². The number of benzene rings is 2. The first-order chi connectivity index (χ1) is 15.7. The number of aromatic nitrogens is 2. The molecule has 166 valence electrons. The summed E-state index contributed by atoms with van der Waals surface area (Å²) in [6.07, 6.45) is 3.89. The zero-order valence-electron chi connectivity index (χ0n) is 16.9. The number of anilines is 3. The van der Waals surface area contributed by atoms with Gasteiger partial charge in [-0.1, -0.05) is 35.3 Å². The van der Waals surface area contributed by atoms with Gasteiger partial charge in [0, 0.05) is 23.3 Å². The van der Waals surface area contributed by atoms with Gasteiger partial charge in [0.2, 0.25) is 10.0 Å². The van der Waals surface area contributed by atoms with Crippen LogP contribution in [0.5, 0.6) is 0 Å². The van der Waals surface area contributed by atoms with Crippen LogP contribution in [-0.4, -0.2) is 24.6 Å². The van der Waals surface area contributed by atoms with E-state index < -0.39 is 15.8 Å². The highest BCUT2D eigenvalue weighted by molar-refractivity contribution is 7.92. The molecule has 0 spiro atoms. The molecule has 2 aromatic carbocycles. The number of hydrogen-bond donors (Lipinski definition) is 2. The molecule has 0 radical (unpaired) electrons. The molecular formula is C22H14Cl2FN5O2S. The van der Waals surface area contributed by atoms with Gasteiger partial charge >= 0.3 is 0 Å². The minimum atomic E-state index is -3.57. The number of fused-ring (bicyclic) bond motifs is 1. The van der Waals surface area contributed by atoms with Gasteiger partial charge in [-0.05, 0) is 35.9 Å². The molecule has 0 fully saturated rings. The average Bonchev–Trinajstić information content (AvgIpc) is 2.77. The largest absolute Gasteiger partial charge is 0.351 e. The fourth-order valence-corrected chi connectivity index (χ4v) is 4.14. The Morgan fingerprint density at radius 2 is 1.82 bits per heavy atom. The summed E-state index contributed by atoms with van der Waals surface area (Å²) in [6.45, 7) is 0. The zero-order valence-corrected chi connectivity index (χ0v) is 19.2. The number of rotatable bonds is 5. The van der Waals surface area contributed by atoms with Crippen LogP contribution in [0.15, 0.2) is 54.9 Å². The smallest absolute Gasteiger partial charge is 0.229 e. The molecule has 0 amide bonds. The van der Waals surface area contributed by atoms with E-state index in [0.29, 0.717) is 27.7 Å². The zero-order chi connectivity index (χ0) is 23.8. The van der Waals surface area contributed by atoms with Crippen molar-refractivity contribution in [1.82, 2.24) is 9.97 Å². The standard InChI is InChI=1S/C22H14Cl2FN5O2S/c1-33(31,32)30-19-8-13(10-28-22(19)24)12-5-6-17-15(7-12)21(14(9-26)11-27-17)29-18-4-2-3-16(23)20(18)25/h2-8,10-11,30H,1H3,(H,27,29). The first-order valence-electron chi connectivity index (χ1n) is 9.34. The maximum absolute atomic E-state index is 14.5. The highest BCUT2D eigenvalue weighted by atomic mass is 35.5. The highest BCUT2D eigenvalue weighted by Gasteiger charge is 2.15. The Balaban J connectivity index is 1.87. The van der Waals surface area contributed by atoms with Crippen LogP contribution in [0.3, 0.4) is 0 Å². The third-order valence-corrected chi connectivity index (χ3v) is 5.85. The van der Waals surface area contributed by atoms with Gasteiger partial charge in [-0.25, -0.2) is 17.8 Å². The van der Waals surface area contributed by atoms with Crippen molar-refractivity contribution in [1.29, 1.82) is 5.26 Å². The van der Waals surface area contributed by atoms with Gasteiger partial charge < -0.3 is 5.32 Å². The van der Waals surface area contributed by atoms with Crippen LogP contribution < -0.4 is 10.0 Å². The van der Waals surface area contributed by atoms with E-state index in [0.717, 1.165) is 6.26 Å². The highest BCUT2D eigenvalue weighted by Crippen LogP contribution is 2.35. The Hall–Kier alpha value is -3.45. The summed E-state index contributed by atoms with van der Waals surface area (Å²) in [5, 5.41) is 13.0. The molecule has 0 unspecified atom stereocenters. The summed E-state index contributed by atoms with van der Waals surface area (Å²) in [4.78, 5) is 8.35. The molecule has 33 heavy (non-hydrogen) atoms. The summed E-state index contributed by atoms with van der Waals surface area (Å²) < 4.78 is 40.1. The average molecular weight is 502 g/mol. The SMILES string of the molecule is CS(=O)(=O)Nc1cc(-c2ccc3ncc(C#N)c(Nc4cccc(Cl)c4F)c3c2)cnc1Cl. The minimum absolute atomic E-state index is 0.00261. The van der Waals surface area contributed by atoms with Crippen molar-refractivity contribution in [3.63, 3.8) is 0 Å². The van der Waals surface area contributed by atoms with Gasteiger partial charge in [0.15, 0.2) is 11.0 Å². The Bertz CT molecular complexity index is 1550. The quantitative estimate of drug-likeness (QED) is 0.338. The van der Waals surface area contributed by atoms with Crippen LogP contribution in [-0.2, 0) is 10.0 Å². The molecule has 11 heteroatoms. The van der Waals surface area contributed by atoms with E-state index in [1.165, 1.54) is 24.5 Å². The minimum Gasteiger partial charge on any atom is -0.351 e. The molecule has 7 nitrogen and oxygen atoms in total. The Labute approximate surface area is 198 Å². The van der Waals surface area contributed by atoms with Gasteiger partial charge in [-0.2, -0.15) is 5.26 Å². The van der Waals surface area contributed by atoms with Crippen molar-refractivity contribution in [2.24, 2.45) is 0 Å². The number of nitrogens with zero attached hydrogens (tertiary/aromatic N) is 3. The first kappa shape index (κ1) is 22.7. The van der Waals surface area contributed by atoms with E-state index in [1.54, 1.807) is 30.3 Å². The normalized spacial score (nSPS) is 11.2. The van der Waals surface area contributed by atoms with Crippen LogP contribution in [0, 0.1) is 17.1 Å². The molecule has 2 heterocycles. The monoisotopic (exact) mass is 501 g/mol. The topological polar surface area (TPSA) is 108 Å². The second-order valence-corrected chi connectivity index (χ2v) is 9.57. The number of halogens is 3. The molecule has 0 aliphatic heterocycles. The fourth-order valence-electron chi connectivity index (χ4n) is 3.20. The molecular weight excluding hydrogens is 488 g/mol. The Morgan fingerprint density at radius 1 is 1.03 bits per heavy atom. The molecule has 2 aromatic heterocycles. The second-order valence-electron chi connectivity index (χ2n) is 7.05. The van der Waals surface area contributed by atoms with Crippen LogP contribution in [0.1, 0.15) is 5.56 Å². The van der Waals surface area contributed by atoms with Crippen LogP contribution in [0.25, 0.3) is 22.0 Å². The van der Waals surface area contributed by atoms with E-state index in [9.17, 15) is 18.1 Å². The molecule has 0 aliphatic carbocycles. The van der Waals surface area contributed by atoms with E-state index in [4.69, 9.17) is 23.2 Å². The Morgan fingerprint density at radius 3 is 2.55 bits per heavy atom. The first-order valence-corrected chi connectivity index (χ1v) is 12.0. The van der Waals surface area contributed by atoms with Crippen molar-refractivity contribution in [2.45, 2.75) is 0 Å². The molecule has 0 saturated carbocycles. The predicted octanol–water partition coefficient (Wildman–Crippen LogP) is 5.73. The maximum atomic E-state index is 14.5. The van der Waals surface area contributed by atoms with Crippen molar-refractivity contribution < 1.29 is 12.8 Å². The van der Waals surface area contributed by atoms with Gasteiger partial charge in [-0.15, -0.1) is 0 Å². The lowest BCUT2D eigenvalue weighted by atomic mass is 10.0. The summed E-state index contributed by atoms with van der Waals surface area (Å²) in [6, 6.07) is 13.3. The third kappa shape index (κ3) is 4.83. The van der Waals surface area contributed by atoms with Gasteiger partial charge in [-0.3, -0.25) is 9.71 Å². The van der Waals surface area contributed by atoms with Crippen molar-refractivity contribution in [3.8, 4) is 17.2 Å². The third-order valence-electron chi connectivity index (χ3n) is 4.67. The summed E-state index contributed by atoms with van der Waals surface area (Å²) in [5.41, 5.74) is 2.54. The molecule has 0 aliphatic rings. The summed E-state index contributed by atoms with van der Waals surface area (Å²) >= 11 is 11.9. The van der Waals surface area contributed by atoms with Crippen LogP contribution in [0.2, 0.25) is 10.2 Å². The van der Waals surface area contributed by atoms with Crippen LogP contribution in [0.4, 0.5) is 21.5 Å². The predicted molar refractivity (Wildman–Crippen MR) is 128 cm³/mol. The number of hydrogen-bond acceptors (Lipinski definition) is 6. The second kappa shape index (κ2) is 8.83. The number of pyridine rings is 2.